The van der Waals surface area contributed by atoms with Gasteiger partial charge in [0.2, 0.25) is 5.91 Å². The molecule has 0 radical (unpaired) electrons. The molecule has 0 aliphatic rings. The molecule has 1 N–H and O–H groups in total. The number of anilines is 1. The summed E-state index contributed by atoms with van der Waals surface area (Å²) in [5.41, 5.74) is 2.27. The van der Waals surface area contributed by atoms with Crippen LogP contribution in [0.4, 0.5) is 5.69 Å². The van der Waals surface area contributed by atoms with E-state index in [0.717, 1.165) is 32.3 Å². The molecule has 162 valence electrons. The van der Waals surface area contributed by atoms with Gasteiger partial charge in [-0.3, -0.25) is 4.79 Å². The minimum absolute atomic E-state index is 0.163. The zero-order valence-electron chi connectivity index (χ0n) is 17.3. The standard InChI is InChI=1S/C26H17Cl2N3OS/c27-20-11-6-12-21(23(20)28)29-22(32)15-33-26-19-14-13-16-7-4-5-10-18(16)24(19)30-25(31-26)17-8-2-1-3-9-17/h1-14H,15H2,(H,29,32). The second kappa shape index (κ2) is 9.40. The van der Waals surface area contributed by atoms with E-state index < -0.39 is 0 Å². The number of hydrogen-bond acceptors (Lipinski definition) is 4. The average molecular weight is 490 g/mol. The largest absolute Gasteiger partial charge is 0.324 e. The highest BCUT2D eigenvalue weighted by atomic mass is 35.5. The van der Waals surface area contributed by atoms with Crippen molar-refractivity contribution in [2.24, 2.45) is 0 Å². The third-order valence-electron chi connectivity index (χ3n) is 5.15. The van der Waals surface area contributed by atoms with Crippen molar-refractivity contribution in [3.63, 3.8) is 0 Å². The lowest BCUT2D eigenvalue weighted by Gasteiger charge is -2.11. The molecule has 0 aliphatic carbocycles. The molecule has 4 nitrogen and oxygen atoms in total. The average Bonchev–Trinajstić information content (AvgIpc) is 2.85. The van der Waals surface area contributed by atoms with Gasteiger partial charge in [0.15, 0.2) is 5.82 Å². The molecule has 0 aliphatic heterocycles. The lowest BCUT2D eigenvalue weighted by Crippen LogP contribution is -2.14. The van der Waals surface area contributed by atoms with Crippen molar-refractivity contribution >= 4 is 68.2 Å². The predicted molar refractivity (Wildman–Crippen MR) is 138 cm³/mol. The molecule has 1 aromatic heterocycles. The van der Waals surface area contributed by atoms with Crippen LogP contribution >= 0.6 is 35.0 Å². The zero-order chi connectivity index (χ0) is 22.8. The summed E-state index contributed by atoms with van der Waals surface area (Å²) < 4.78 is 0. The van der Waals surface area contributed by atoms with Crippen LogP contribution in [0.5, 0.6) is 0 Å². The van der Waals surface area contributed by atoms with Crippen molar-refractivity contribution < 1.29 is 4.79 Å². The fourth-order valence-corrected chi connectivity index (χ4v) is 4.74. The zero-order valence-corrected chi connectivity index (χ0v) is 19.6. The molecule has 4 aromatic carbocycles. The van der Waals surface area contributed by atoms with Crippen LogP contribution in [-0.2, 0) is 4.79 Å². The van der Waals surface area contributed by atoms with Crippen LogP contribution < -0.4 is 5.32 Å². The van der Waals surface area contributed by atoms with Gasteiger partial charge in [0.05, 0.1) is 27.0 Å². The quantitative estimate of drug-likeness (QED) is 0.158. The number of fused-ring (bicyclic) bond motifs is 3. The molecular weight excluding hydrogens is 473 g/mol. The van der Waals surface area contributed by atoms with E-state index in [9.17, 15) is 4.79 Å². The lowest BCUT2D eigenvalue weighted by molar-refractivity contribution is -0.113. The Morgan fingerprint density at radius 2 is 1.61 bits per heavy atom. The molecule has 0 bridgehead atoms. The number of benzene rings is 4. The second-order valence-electron chi connectivity index (χ2n) is 7.34. The molecule has 5 rings (SSSR count). The van der Waals surface area contributed by atoms with Crippen molar-refractivity contribution in [1.82, 2.24) is 9.97 Å². The molecule has 0 atom stereocenters. The Morgan fingerprint density at radius 3 is 2.45 bits per heavy atom. The summed E-state index contributed by atoms with van der Waals surface area (Å²) >= 11 is 13.6. The number of hydrogen-bond donors (Lipinski definition) is 1. The smallest absolute Gasteiger partial charge is 0.234 e. The number of thioether (sulfide) groups is 1. The molecule has 5 aromatic rings. The van der Waals surface area contributed by atoms with Gasteiger partial charge in [0.1, 0.15) is 5.03 Å². The van der Waals surface area contributed by atoms with E-state index in [1.807, 2.05) is 48.5 Å². The summed E-state index contributed by atoms with van der Waals surface area (Å²) in [7, 11) is 0. The monoisotopic (exact) mass is 489 g/mol. The van der Waals surface area contributed by atoms with Crippen LogP contribution in [0, 0.1) is 0 Å². The lowest BCUT2D eigenvalue weighted by atomic mass is 10.1. The number of aromatic nitrogens is 2. The van der Waals surface area contributed by atoms with Gasteiger partial charge in [-0.05, 0) is 23.6 Å². The highest BCUT2D eigenvalue weighted by Crippen LogP contribution is 2.33. The van der Waals surface area contributed by atoms with E-state index in [1.54, 1.807) is 18.2 Å². The summed E-state index contributed by atoms with van der Waals surface area (Å²) in [6, 6.07) is 27.2. The number of halogens is 2. The Bertz CT molecular complexity index is 1490. The normalized spacial score (nSPS) is 11.1. The van der Waals surface area contributed by atoms with Gasteiger partial charge in [-0.25, -0.2) is 9.97 Å². The summed E-state index contributed by atoms with van der Waals surface area (Å²) in [4.78, 5) is 22.4. The maximum absolute atomic E-state index is 12.7. The van der Waals surface area contributed by atoms with Crippen molar-refractivity contribution in [3.05, 3.63) is 95.0 Å². The number of carbonyl (C=O) groups excluding carboxylic acids is 1. The minimum Gasteiger partial charge on any atom is -0.324 e. The highest BCUT2D eigenvalue weighted by molar-refractivity contribution is 8.00. The van der Waals surface area contributed by atoms with E-state index in [4.69, 9.17) is 33.2 Å². The molecule has 1 heterocycles. The first kappa shape index (κ1) is 21.7. The Hall–Kier alpha value is -3.12. The van der Waals surface area contributed by atoms with Crippen LogP contribution in [0.3, 0.4) is 0 Å². The summed E-state index contributed by atoms with van der Waals surface area (Å²) in [5.74, 6) is 0.592. The highest BCUT2D eigenvalue weighted by Gasteiger charge is 2.15. The van der Waals surface area contributed by atoms with Crippen molar-refractivity contribution in [3.8, 4) is 11.4 Å². The van der Waals surface area contributed by atoms with E-state index in [0.29, 0.717) is 21.6 Å². The number of rotatable bonds is 5. The van der Waals surface area contributed by atoms with Crippen LogP contribution in [-0.4, -0.2) is 21.6 Å². The molecule has 0 saturated carbocycles. The third-order valence-corrected chi connectivity index (χ3v) is 6.96. The van der Waals surface area contributed by atoms with Crippen molar-refractivity contribution in [1.29, 1.82) is 0 Å². The van der Waals surface area contributed by atoms with Crippen LogP contribution in [0.2, 0.25) is 10.0 Å². The van der Waals surface area contributed by atoms with Gasteiger partial charge in [-0.15, -0.1) is 0 Å². The second-order valence-corrected chi connectivity index (χ2v) is 9.09. The first-order chi connectivity index (χ1) is 16.1. The van der Waals surface area contributed by atoms with E-state index in [2.05, 4.69) is 23.5 Å². The van der Waals surface area contributed by atoms with Gasteiger partial charge >= 0.3 is 0 Å². The maximum atomic E-state index is 12.7. The number of carbonyl (C=O) groups is 1. The molecule has 33 heavy (non-hydrogen) atoms. The molecular formula is C26H17Cl2N3OS. The van der Waals surface area contributed by atoms with E-state index in [-0.39, 0.29) is 11.7 Å². The Morgan fingerprint density at radius 1 is 0.818 bits per heavy atom. The van der Waals surface area contributed by atoms with E-state index in [1.165, 1.54) is 11.8 Å². The first-order valence-corrected chi connectivity index (χ1v) is 12.0. The Balaban J connectivity index is 1.52. The first-order valence-electron chi connectivity index (χ1n) is 10.2. The molecule has 0 spiro atoms. The number of amides is 1. The topological polar surface area (TPSA) is 54.9 Å². The number of nitrogens with zero attached hydrogens (tertiary/aromatic N) is 2. The van der Waals surface area contributed by atoms with Gasteiger partial charge in [0, 0.05) is 16.3 Å². The Labute approximate surface area is 205 Å². The molecule has 7 heteroatoms. The van der Waals surface area contributed by atoms with Gasteiger partial charge in [0.25, 0.3) is 0 Å². The fourth-order valence-electron chi connectivity index (χ4n) is 3.58. The predicted octanol–water partition coefficient (Wildman–Crippen LogP) is 7.49. The summed E-state index contributed by atoms with van der Waals surface area (Å²) in [6.45, 7) is 0. The fraction of sp³-hybridized carbons (Fsp3) is 0.0385. The molecule has 0 fully saturated rings. The van der Waals surface area contributed by atoms with Crippen LogP contribution in [0.25, 0.3) is 33.1 Å². The molecule has 0 saturated heterocycles. The SMILES string of the molecule is O=C(CSc1nc(-c2ccccc2)nc2c1ccc1ccccc12)Nc1cccc(Cl)c1Cl. The molecule has 0 unspecified atom stereocenters. The van der Waals surface area contributed by atoms with Crippen LogP contribution in [0.1, 0.15) is 0 Å². The number of nitrogens with one attached hydrogen (secondary N) is 1. The maximum Gasteiger partial charge on any atom is 0.234 e. The third kappa shape index (κ3) is 4.53. The van der Waals surface area contributed by atoms with E-state index >= 15 is 0 Å². The van der Waals surface area contributed by atoms with Crippen molar-refractivity contribution in [2.75, 3.05) is 11.1 Å². The van der Waals surface area contributed by atoms with Crippen molar-refractivity contribution in [2.45, 2.75) is 5.03 Å². The van der Waals surface area contributed by atoms with Gasteiger partial charge in [-0.1, -0.05) is 102 Å². The minimum atomic E-state index is -0.196. The summed E-state index contributed by atoms with van der Waals surface area (Å²) in [5, 5.41) is 7.35. The van der Waals surface area contributed by atoms with Gasteiger partial charge < -0.3 is 5.32 Å². The molecule has 1 amide bonds. The van der Waals surface area contributed by atoms with Crippen LogP contribution in [0.15, 0.2) is 90.0 Å². The Kier molecular flexibility index (Phi) is 6.18. The summed E-state index contributed by atoms with van der Waals surface area (Å²) in [6.07, 6.45) is 0. The van der Waals surface area contributed by atoms with Gasteiger partial charge in [-0.2, -0.15) is 0 Å².